The maximum Gasteiger partial charge on any atom is 0.257 e. The van der Waals surface area contributed by atoms with Crippen molar-refractivity contribution in [3.63, 3.8) is 0 Å². The summed E-state index contributed by atoms with van der Waals surface area (Å²) in [6, 6.07) is 8.17. The highest BCUT2D eigenvalue weighted by molar-refractivity contribution is 5.97. The smallest absolute Gasteiger partial charge is 0.257 e. The molecule has 1 aromatic carbocycles. The van der Waals surface area contributed by atoms with Gasteiger partial charge in [-0.3, -0.25) is 4.79 Å². The number of ether oxygens (including phenoxy) is 1. The van der Waals surface area contributed by atoms with Crippen LogP contribution < -0.4 is 10.1 Å². The van der Waals surface area contributed by atoms with Gasteiger partial charge in [0.2, 0.25) is 0 Å². The van der Waals surface area contributed by atoms with Crippen molar-refractivity contribution in [3.8, 4) is 5.75 Å². The van der Waals surface area contributed by atoms with Gasteiger partial charge in [-0.2, -0.15) is 0 Å². The highest BCUT2D eigenvalue weighted by Crippen LogP contribution is 2.22. The van der Waals surface area contributed by atoms with E-state index in [0.717, 1.165) is 13.1 Å². The van der Waals surface area contributed by atoms with E-state index in [-0.39, 0.29) is 5.91 Å². The highest BCUT2D eigenvalue weighted by Gasteiger charge is 2.24. The van der Waals surface area contributed by atoms with Gasteiger partial charge in [-0.25, -0.2) is 0 Å². The van der Waals surface area contributed by atoms with Crippen LogP contribution in [0.15, 0.2) is 24.3 Å². The fourth-order valence-corrected chi connectivity index (χ4v) is 2.21. The van der Waals surface area contributed by atoms with Crippen molar-refractivity contribution in [1.29, 1.82) is 0 Å². The molecule has 0 bridgehead atoms. The van der Waals surface area contributed by atoms with Crippen molar-refractivity contribution in [2.45, 2.75) is 18.9 Å². The molecule has 1 saturated carbocycles. The van der Waals surface area contributed by atoms with E-state index < -0.39 is 0 Å². The minimum Gasteiger partial charge on any atom is -0.491 e. The van der Waals surface area contributed by atoms with Gasteiger partial charge in [-0.05, 0) is 25.0 Å². The summed E-state index contributed by atoms with van der Waals surface area (Å²) >= 11 is 0. The molecule has 1 amide bonds. The molecule has 0 atom stereocenters. The van der Waals surface area contributed by atoms with Crippen LogP contribution >= 0.6 is 0 Å². The van der Waals surface area contributed by atoms with E-state index in [4.69, 9.17) is 4.74 Å². The van der Waals surface area contributed by atoms with Crippen molar-refractivity contribution in [2.75, 3.05) is 26.2 Å². The lowest BCUT2D eigenvalue weighted by atomic mass is 10.2. The van der Waals surface area contributed by atoms with Crippen LogP contribution in [0.3, 0.4) is 0 Å². The second-order valence-electron chi connectivity index (χ2n) is 4.87. The zero-order valence-electron chi connectivity index (χ0n) is 10.4. The minimum atomic E-state index is 0.0840. The molecule has 0 radical (unpaired) electrons. The molecule has 1 N–H and O–H groups in total. The van der Waals surface area contributed by atoms with Crippen LogP contribution in [0.2, 0.25) is 0 Å². The number of hydrogen-bond acceptors (Lipinski definition) is 3. The van der Waals surface area contributed by atoms with Crippen LogP contribution in [0.1, 0.15) is 23.2 Å². The summed E-state index contributed by atoms with van der Waals surface area (Å²) in [5.41, 5.74) is 0.682. The Kier molecular flexibility index (Phi) is 3.19. The maximum absolute atomic E-state index is 12.3. The number of carbonyl (C=O) groups excluding carboxylic acids is 1. The second kappa shape index (κ2) is 4.98. The molecule has 4 nitrogen and oxygen atoms in total. The number of benzene rings is 1. The Bertz CT molecular complexity index is 443. The molecule has 1 heterocycles. The van der Waals surface area contributed by atoms with Gasteiger partial charge in [0.1, 0.15) is 12.4 Å². The first-order chi connectivity index (χ1) is 8.84. The molecule has 1 aliphatic heterocycles. The number of amides is 1. The number of rotatable bonds is 4. The lowest BCUT2D eigenvalue weighted by Crippen LogP contribution is -2.38. The van der Waals surface area contributed by atoms with Gasteiger partial charge in [0.05, 0.1) is 12.1 Å². The first-order valence-electron chi connectivity index (χ1n) is 6.59. The van der Waals surface area contributed by atoms with Gasteiger partial charge in [-0.15, -0.1) is 0 Å². The summed E-state index contributed by atoms with van der Waals surface area (Å²) in [6.45, 7) is 2.87. The van der Waals surface area contributed by atoms with Gasteiger partial charge < -0.3 is 15.0 Å². The highest BCUT2D eigenvalue weighted by atomic mass is 16.5. The van der Waals surface area contributed by atoms with E-state index in [9.17, 15) is 4.79 Å². The monoisotopic (exact) mass is 246 g/mol. The zero-order chi connectivity index (χ0) is 12.4. The molecule has 1 fully saturated rings. The van der Waals surface area contributed by atoms with Crippen molar-refractivity contribution in [1.82, 2.24) is 10.2 Å². The van der Waals surface area contributed by atoms with Crippen LogP contribution in [0.25, 0.3) is 0 Å². The van der Waals surface area contributed by atoms with Crippen LogP contribution in [-0.4, -0.2) is 43.1 Å². The third kappa shape index (κ3) is 2.48. The van der Waals surface area contributed by atoms with Gasteiger partial charge in [0.15, 0.2) is 0 Å². The van der Waals surface area contributed by atoms with E-state index in [0.29, 0.717) is 30.5 Å². The van der Waals surface area contributed by atoms with Gasteiger partial charge >= 0.3 is 0 Å². The second-order valence-corrected chi connectivity index (χ2v) is 4.87. The Hall–Kier alpha value is -1.55. The molecule has 1 aromatic rings. The third-order valence-corrected chi connectivity index (χ3v) is 3.42. The zero-order valence-corrected chi connectivity index (χ0v) is 10.4. The molecule has 0 aromatic heterocycles. The minimum absolute atomic E-state index is 0.0840. The van der Waals surface area contributed by atoms with E-state index in [1.807, 2.05) is 29.2 Å². The predicted octanol–water partition coefficient (Wildman–Crippen LogP) is 1.27. The molecule has 2 aliphatic rings. The van der Waals surface area contributed by atoms with Crippen molar-refractivity contribution in [2.24, 2.45) is 0 Å². The molecule has 4 heteroatoms. The number of fused-ring (bicyclic) bond motifs is 1. The average Bonchev–Trinajstić information content (AvgIpc) is 3.21. The molecular weight excluding hydrogens is 228 g/mol. The number of para-hydroxylation sites is 1. The quantitative estimate of drug-likeness (QED) is 0.870. The maximum atomic E-state index is 12.3. The number of nitrogens with one attached hydrogen (secondary N) is 1. The molecular formula is C14H18N2O2. The normalized spacial score (nSPS) is 19.1. The summed E-state index contributed by atoms with van der Waals surface area (Å²) < 4.78 is 5.61. The van der Waals surface area contributed by atoms with Crippen molar-refractivity contribution in [3.05, 3.63) is 29.8 Å². The number of carbonyl (C=O) groups is 1. The molecule has 96 valence electrons. The topological polar surface area (TPSA) is 41.6 Å². The van der Waals surface area contributed by atoms with Crippen LogP contribution in [0.5, 0.6) is 5.75 Å². The fourth-order valence-electron chi connectivity index (χ4n) is 2.21. The molecule has 1 aliphatic carbocycles. The first kappa shape index (κ1) is 11.5. The summed E-state index contributed by atoms with van der Waals surface area (Å²) in [5.74, 6) is 0.792. The van der Waals surface area contributed by atoms with Gasteiger partial charge in [-0.1, -0.05) is 12.1 Å². The molecule has 0 spiro atoms. The summed E-state index contributed by atoms with van der Waals surface area (Å²) in [6.07, 6.45) is 2.56. The van der Waals surface area contributed by atoms with E-state index in [1.165, 1.54) is 12.8 Å². The SMILES string of the molecule is O=C1c2ccccc2OCCN1CCNC1CC1. The van der Waals surface area contributed by atoms with Gasteiger partial charge in [0, 0.05) is 19.1 Å². The number of hydrogen-bond donors (Lipinski definition) is 1. The van der Waals surface area contributed by atoms with Crippen LogP contribution in [0, 0.1) is 0 Å². The fraction of sp³-hybridized carbons (Fsp3) is 0.500. The Morgan fingerprint density at radius 3 is 3.00 bits per heavy atom. The molecule has 18 heavy (non-hydrogen) atoms. The van der Waals surface area contributed by atoms with Gasteiger partial charge in [0.25, 0.3) is 5.91 Å². The lowest BCUT2D eigenvalue weighted by Gasteiger charge is -2.20. The van der Waals surface area contributed by atoms with Crippen LogP contribution in [-0.2, 0) is 0 Å². The lowest BCUT2D eigenvalue weighted by molar-refractivity contribution is 0.0757. The Morgan fingerprint density at radius 2 is 2.17 bits per heavy atom. The molecule has 3 rings (SSSR count). The Morgan fingerprint density at radius 1 is 1.33 bits per heavy atom. The van der Waals surface area contributed by atoms with E-state index >= 15 is 0 Å². The number of nitrogens with zero attached hydrogens (tertiary/aromatic N) is 1. The van der Waals surface area contributed by atoms with E-state index in [1.54, 1.807) is 0 Å². The largest absolute Gasteiger partial charge is 0.491 e. The molecule has 0 unspecified atom stereocenters. The summed E-state index contributed by atoms with van der Waals surface area (Å²) in [4.78, 5) is 14.2. The van der Waals surface area contributed by atoms with Crippen molar-refractivity contribution >= 4 is 5.91 Å². The predicted molar refractivity (Wildman–Crippen MR) is 68.9 cm³/mol. The van der Waals surface area contributed by atoms with E-state index in [2.05, 4.69) is 5.32 Å². The standard InChI is InChI=1S/C14H18N2O2/c17-14-12-3-1-2-4-13(12)18-10-9-16(14)8-7-15-11-5-6-11/h1-4,11,15H,5-10H2. The Labute approximate surface area is 107 Å². The summed E-state index contributed by atoms with van der Waals surface area (Å²) in [7, 11) is 0. The molecule has 0 saturated heterocycles. The Balaban J connectivity index is 1.66. The third-order valence-electron chi connectivity index (χ3n) is 3.42. The summed E-state index contributed by atoms with van der Waals surface area (Å²) in [5, 5.41) is 3.43. The van der Waals surface area contributed by atoms with Crippen molar-refractivity contribution < 1.29 is 9.53 Å². The average molecular weight is 246 g/mol. The first-order valence-corrected chi connectivity index (χ1v) is 6.59. The van der Waals surface area contributed by atoms with Crippen LogP contribution in [0.4, 0.5) is 0 Å².